The summed E-state index contributed by atoms with van der Waals surface area (Å²) in [6, 6.07) is 7.96. The van der Waals surface area contributed by atoms with Gasteiger partial charge < -0.3 is 10.4 Å². The Kier molecular flexibility index (Phi) is 5.32. The molecule has 0 aliphatic carbocycles. The lowest BCUT2D eigenvalue weighted by Gasteiger charge is -2.02. The van der Waals surface area contributed by atoms with E-state index in [1.807, 2.05) is 38.1 Å². The van der Waals surface area contributed by atoms with Gasteiger partial charge in [-0.2, -0.15) is 5.10 Å². The van der Waals surface area contributed by atoms with Crippen molar-refractivity contribution in [2.45, 2.75) is 31.9 Å². The minimum Gasteiger partial charge on any atom is -0.481 e. The Morgan fingerprint density at radius 3 is 2.64 bits per heavy atom. The molecule has 1 saturated heterocycles. The molecule has 1 aromatic rings. The van der Waals surface area contributed by atoms with E-state index in [1.54, 1.807) is 0 Å². The monoisotopic (exact) mass is 319 g/mol. The molecule has 1 atom stereocenters. The summed E-state index contributed by atoms with van der Waals surface area (Å²) in [4.78, 5) is 22.3. The fraction of sp³-hybridized carbons (Fsp3) is 0.333. The van der Waals surface area contributed by atoms with Crippen LogP contribution in [0.4, 0.5) is 0 Å². The van der Waals surface area contributed by atoms with Crippen molar-refractivity contribution in [3.8, 4) is 0 Å². The molecule has 0 spiro atoms. The number of aryl methyl sites for hydroxylation is 1. The summed E-state index contributed by atoms with van der Waals surface area (Å²) in [6.45, 7) is 3.99. The Morgan fingerprint density at radius 1 is 1.36 bits per heavy atom. The predicted molar refractivity (Wildman–Crippen MR) is 87.2 cm³/mol. The Morgan fingerprint density at radius 2 is 2.05 bits per heavy atom. The lowest BCUT2D eigenvalue weighted by atomic mass is 10.1. The highest BCUT2D eigenvalue weighted by Crippen LogP contribution is 2.22. The second kappa shape index (κ2) is 7.22. The highest BCUT2D eigenvalue weighted by Gasteiger charge is 2.32. The SMILES string of the molecule is CC/C(=N\N=C1\NC(=O)C(CC(=O)O)S1)c1ccc(C)cc1. The van der Waals surface area contributed by atoms with Gasteiger partial charge in [0.25, 0.3) is 0 Å². The van der Waals surface area contributed by atoms with E-state index in [0.29, 0.717) is 11.6 Å². The van der Waals surface area contributed by atoms with Crippen LogP contribution < -0.4 is 5.32 Å². The molecule has 1 aliphatic rings. The largest absolute Gasteiger partial charge is 0.481 e. The van der Waals surface area contributed by atoms with Crippen LogP contribution in [0.1, 0.15) is 30.9 Å². The van der Waals surface area contributed by atoms with Crippen LogP contribution in [0.5, 0.6) is 0 Å². The summed E-state index contributed by atoms with van der Waals surface area (Å²) in [7, 11) is 0. The minimum absolute atomic E-state index is 0.224. The van der Waals surface area contributed by atoms with Crippen LogP contribution in [0.25, 0.3) is 0 Å². The van der Waals surface area contributed by atoms with Gasteiger partial charge in [-0.05, 0) is 18.9 Å². The number of amides is 1. The number of carboxylic acid groups (broad SMARTS) is 1. The van der Waals surface area contributed by atoms with Crippen molar-refractivity contribution in [1.82, 2.24) is 5.32 Å². The normalized spacial score (nSPS) is 20.3. The Bertz CT molecular complexity index is 638. The second-order valence-electron chi connectivity index (χ2n) is 4.87. The maximum atomic E-state index is 11.6. The molecule has 116 valence electrons. The van der Waals surface area contributed by atoms with E-state index in [-0.39, 0.29) is 12.3 Å². The van der Waals surface area contributed by atoms with Gasteiger partial charge in [-0.25, -0.2) is 0 Å². The quantitative estimate of drug-likeness (QED) is 0.643. The van der Waals surface area contributed by atoms with Gasteiger partial charge in [0.05, 0.1) is 12.1 Å². The van der Waals surface area contributed by atoms with Gasteiger partial charge in [-0.3, -0.25) is 9.59 Å². The molecule has 2 rings (SSSR count). The molecule has 0 saturated carbocycles. The third-order valence-corrected chi connectivity index (χ3v) is 4.19. The third kappa shape index (κ3) is 4.17. The molecule has 1 heterocycles. The lowest BCUT2D eigenvalue weighted by Crippen LogP contribution is -2.26. The molecule has 1 fully saturated rings. The predicted octanol–water partition coefficient (Wildman–Crippen LogP) is 2.17. The van der Waals surface area contributed by atoms with Gasteiger partial charge in [0, 0.05) is 0 Å². The number of benzene rings is 1. The van der Waals surface area contributed by atoms with Crippen molar-refractivity contribution in [2.24, 2.45) is 10.2 Å². The summed E-state index contributed by atoms with van der Waals surface area (Å²) in [6.07, 6.45) is 0.481. The smallest absolute Gasteiger partial charge is 0.305 e. The van der Waals surface area contributed by atoms with Crippen molar-refractivity contribution in [1.29, 1.82) is 0 Å². The van der Waals surface area contributed by atoms with Crippen molar-refractivity contribution < 1.29 is 14.7 Å². The first-order valence-corrected chi connectivity index (χ1v) is 7.78. The zero-order valence-corrected chi connectivity index (χ0v) is 13.2. The first-order valence-electron chi connectivity index (χ1n) is 6.90. The van der Waals surface area contributed by atoms with E-state index >= 15 is 0 Å². The van der Waals surface area contributed by atoms with Crippen LogP contribution in [-0.4, -0.2) is 33.1 Å². The van der Waals surface area contributed by atoms with Gasteiger partial charge in [-0.15, -0.1) is 5.10 Å². The van der Waals surface area contributed by atoms with E-state index in [9.17, 15) is 9.59 Å². The molecule has 22 heavy (non-hydrogen) atoms. The Labute approximate surface area is 132 Å². The average Bonchev–Trinajstić information content (AvgIpc) is 2.81. The molecule has 2 N–H and O–H groups in total. The minimum atomic E-state index is -1.01. The lowest BCUT2D eigenvalue weighted by molar-refractivity contribution is -0.138. The fourth-order valence-electron chi connectivity index (χ4n) is 1.93. The third-order valence-electron chi connectivity index (χ3n) is 3.12. The number of hydrogen-bond acceptors (Lipinski definition) is 5. The average molecular weight is 319 g/mol. The number of nitrogens with zero attached hydrogens (tertiary/aromatic N) is 2. The van der Waals surface area contributed by atoms with Crippen LogP contribution in [0, 0.1) is 6.92 Å². The van der Waals surface area contributed by atoms with Gasteiger partial charge >= 0.3 is 5.97 Å². The van der Waals surface area contributed by atoms with Crippen molar-refractivity contribution in [3.05, 3.63) is 35.4 Å². The number of amidine groups is 1. The van der Waals surface area contributed by atoms with Crippen LogP contribution in [0.15, 0.2) is 34.5 Å². The van der Waals surface area contributed by atoms with Crippen LogP contribution >= 0.6 is 11.8 Å². The van der Waals surface area contributed by atoms with E-state index < -0.39 is 11.2 Å². The van der Waals surface area contributed by atoms with Crippen molar-refractivity contribution >= 4 is 34.5 Å². The maximum Gasteiger partial charge on any atom is 0.305 e. The van der Waals surface area contributed by atoms with E-state index in [0.717, 1.165) is 23.0 Å². The summed E-state index contributed by atoms with van der Waals surface area (Å²) >= 11 is 1.10. The fourth-order valence-corrected chi connectivity index (χ4v) is 2.84. The zero-order chi connectivity index (χ0) is 16.1. The number of thioether (sulfide) groups is 1. The van der Waals surface area contributed by atoms with Crippen LogP contribution in [-0.2, 0) is 9.59 Å². The molecule has 7 heteroatoms. The summed E-state index contributed by atoms with van der Waals surface area (Å²) < 4.78 is 0. The van der Waals surface area contributed by atoms with Crippen LogP contribution in [0.3, 0.4) is 0 Å². The Balaban J connectivity index is 2.13. The summed E-state index contributed by atoms with van der Waals surface area (Å²) in [5.74, 6) is -1.35. The number of aliphatic carboxylic acids is 1. The molecule has 1 aromatic carbocycles. The van der Waals surface area contributed by atoms with Crippen LogP contribution in [0.2, 0.25) is 0 Å². The maximum absolute atomic E-state index is 11.6. The highest BCUT2D eigenvalue weighted by molar-refractivity contribution is 8.15. The summed E-state index contributed by atoms with van der Waals surface area (Å²) in [5.41, 5.74) is 2.96. The number of nitrogens with one attached hydrogen (secondary N) is 1. The molecule has 0 bridgehead atoms. The van der Waals surface area contributed by atoms with Crippen molar-refractivity contribution in [2.75, 3.05) is 0 Å². The zero-order valence-electron chi connectivity index (χ0n) is 12.4. The molecule has 1 aliphatic heterocycles. The van der Waals surface area contributed by atoms with E-state index in [2.05, 4.69) is 15.5 Å². The van der Waals surface area contributed by atoms with E-state index in [1.165, 1.54) is 5.56 Å². The molecule has 1 amide bonds. The molecule has 1 unspecified atom stereocenters. The molecular weight excluding hydrogens is 302 g/mol. The molecule has 0 radical (unpaired) electrons. The van der Waals surface area contributed by atoms with Crippen molar-refractivity contribution in [3.63, 3.8) is 0 Å². The Hall–Kier alpha value is -2.15. The number of carbonyl (C=O) groups excluding carboxylic acids is 1. The van der Waals surface area contributed by atoms with Gasteiger partial charge in [0.1, 0.15) is 5.25 Å². The first kappa shape index (κ1) is 16.2. The number of hydrogen-bond donors (Lipinski definition) is 2. The van der Waals surface area contributed by atoms with Gasteiger partial charge in [0.15, 0.2) is 5.17 Å². The molecular formula is C15H17N3O3S. The second-order valence-corrected chi connectivity index (χ2v) is 6.06. The number of carbonyl (C=O) groups is 2. The number of carboxylic acids is 1. The summed E-state index contributed by atoms with van der Waals surface area (Å²) in [5, 5.41) is 19.2. The number of rotatable bonds is 5. The standard InChI is InChI=1S/C15H17N3O3S/c1-3-11(10-6-4-9(2)5-7-10)17-18-15-16-14(21)12(22-15)8-13(19)20/h4-7,12H,3,8H2,1-2H3,(H,19,20)(H,16,18,21)/b17-11+. The molecule has 6 nitrogen and oxygen atoms in total. The molecule has 0 aromatic heterocycles. The van der Waals surface area contributed by atoms with Gasteiger partial charge in [0.2, 0.25) is 5.91 Å². The van der Waals surface area contributed by atoms with Gasteiger partial charge in [-0.1, -0.05) is 48.5 Å². The first-order chi connectivity index (χ1) is 10.5. The van der Waals surface area contributed by atoms with E-state index in [4.69, 9.17) is 5.11 Å². The highest BCUT2D eigenvalue weighted by atomic mass is 32.2. The topological polar surface area (TPSA) is 91.1 Å².